The van der Waals surface area contributed by atoms with Gasteiger partial charge in [0, 0.05) is 49.7 Å². The monoisotopic (exact) mass is 368 g/mol. The lowest BCUT2D eigenvalue weighted by Gasteiger charge is -2.30. The van der Waals surface area contributed by atoms with Crippen LogP contribution in [0.3, 0.4) is 0 Å². The number of nitrogens with zero attached hydrogens (tertiary/aromatic N) is 3. The smallest absolute Gasteiger partial charge is 0.180 e. The first-order chi connectivity index (χ1) is 12.8. The van der Waals surface area contributed by atoms with Crippen molar-refractivity contribution in [3.63, 3.8) is 0 Å². The molecule has 0 amide bonds. The number of aromatic nitrogens is 1. The lowest BCUT2D eigenvalue weighted by Crippen LogP contribution is -2.29. The van der Waals surface area contributed by atoms with E-state index in [-0.39, 0.29) is 0 Å². The number of nitrogens with two attached hydrogens (primary N) is 1. The third kappa shape index (κ3) is 4.10. The first kappa shape index (κ1) is 17.6. The van der Waals surface area contributed by atoms with Crippen molar-refractivity contribution in [3.8, 4) is 0 Å². The normalized spacial score (nSPS) is 18.8. The Hall–Kier alpha value is -1.85. The second-order valence-electron chi connectivity index (χ2n) is 7.23. The molecule has 2 N–H and O–H groups in total. The predicted octanol–water partition coefficient (Wildman–Crippen LogP) is 3.83. The van der Waals surface area contributed by atoms with Crippen molar-refractivity contribution in [2.24, 2.45) is 0 Å². The van der Waals surface area contributed by atoms with Gasteiger partial charge in [0.2, 0.25) is 0 Å². The van der Waals surface area contributed by atoms with Gasteiger partial charge in [-0.15, -0.1) is 11.3 Å². The van der Waals surface area contributed by atoms with Crippen LogP contribution >= 0.6 is 11.3 Å². The van der Waals surface area contributed by atoms with Gasteiger partial charge in [-0.3, -0.25) is 4.90 Å². The lowest BCUT2D eigenvalue weighted by molar-refractivity contribution is 0.318. The Morgan fingerprint density at radius 1 is 1.04 bits per heavy atom. The molecule has 138 valence electrons. The summed E-state index contributed by atoms with van der Waals surface area (Å²) >= 11 is 1.66. The second kappa shape index (κ2) is 8.23. The molecule has 1 fully saturated rings. The molecule has 2 aromatic rings. The van der Waals surface area contributed by atoms with Crippen LogP contribution in [0.1, 0.15) is 35.4 Å². The van der Waals surface area contributed by atoms with Crippen molar-refractivity contribution in [2.45, 2.75) is 32.1 Å². The summed E-state index contributed by atoms with van der Waals surface area (Å²) in [5.41, 5.74) is 9.80. The Labute approximate surface area is 160 Å². The standard InChI is InChI=1S/C21H28N4S/c22-21-23-18-10-15-24(16-11-20(18)26-21)12-6-8-17-7-2-3-9-19(17)25-13-4-1-5-14-25/h2-3,6-9H,1,4-5,10-16H2,(H2,22,23). The van der Waals surface area contributed by atoms with E-state index >= 15 is 0 Å². The van der Waals surface area contributed by atoms with Crippen LogP contribution in [-0.2, 0) is 12.8 Å². The quantitative estimate of drug-likeness (QED) is 0.891. The summed E-state index contributed by atoms with van der Waals surface area (Å²) in [5, 5.41) is 0.720. The SMILES string of the molecule is Nc1nc2c(s1)CCN(CC=Cc1ccccc1N1CCCCC1)CC2. The Bertz CT molecular complexity index is 736. The van der Waals surface area contributed by atoms with Crippen molar-refractivity contribution < 1.29 is 0 Å². The molecule has 2 aliphatic heterocycles. The average molecular weight is 369 g/mol. The van der Waals surface area contributed by atoms with Crippen LogP contribution in [0.4, 0.5) is 10.8 Å². The van der Waals surface area contributed by atoms with E-state index in [9.17, 15) is 0 Å². The highest BCUT2D eigenvalue weighted by Crippen LogP contribution is 2.26. The summed E-state index contributed by atoms with van der Waals surface area (Å²) < 4.78 is 0. The van der Waals surface area contributed by atoms with Crippen molar-refractivity contribution in [1.29, 1.82) is 0 Å². The van der Waals surface area contributed by atoms with E-state index in [4.69, 9.17) is 5.73 Å². The Morgan fingerprint density at radius 3 is 2.73 bits per heavy atom. The predicted molar refractivity (Wildman–Crippen MR) is 112 cm³/mol. The summed E-state index contributed by atoms with van der Waals surface area (Å²) in [6, 6.07) is 8.82. The number of rotatable bonds is 4. The summed E-state index contributed by atoms with van der Waals surface area (Å²) in [5.74, 6) is 0. The van der Waals surface area contributed by atoms with Gasteiger partial charge >= 0.3 is 0 Å². The Kier molecular flexibility index (Phi) is 5.56. The molecular formula is C21H28N4S. The molecule has 1 aromatic heterocycles. The largest absolute Gasteiger partial charge is 0.375 e. The lowest BCUT2D eigenvalue weighted by atomic mass is 10.1. The van der Waals surface area contributed by atoms with Crippen LogP contribution in [0.5, 0.6) is 0 Å². The van der Waals surface area contributed by atoms with E-state index in [2.05, 4.69) is 51.2 Å². The zero-order chi connectivity index (χ0) is 17.8. The van der Waals surface area contributed by atoms with Gasteiger partial charge in [0.25, 0.3) is 0 Å². The van der Waals surface area contributed by atoms with Crippen molar-refractivity contribution in [2.75, 3.05) is 43.4 Å². The number of fused-ring (bicyclic) bond motifs is 1. The number of hydrogen-bond donors (Lipinski definition) is 1. The first-order valence-electron chi connectivity index (χ1n) is 9.76. The maximum Gasteiger partial charge on any atom is 0.180 e. The molecule has 1 saturated heterocycles. The molecule has 5 heteroatoms. The number of anilines is 2. The highest BCUT2D eigenvalue weighted by molar-refractivity contribution is 7.15. The summed E-state index contributed by atoms with van der Waals surface area (Å²) in [6.07, 6.45) is 10.7. The molecule has 0 radical (unpaired) electrons. The molecule has 1 aromatic carbocycles. The van der Waals surface area contributed by atoms with Gasteiger partial charge in [0.1, 0.15) is 0 Å². The van der Waals surface area contributed by atoms with Gasteiger partial charge in [0.15, 0.2) is 5.13 Å². The van der Waals surface area contributed by atoms with Gasteiger partial charge < -0.3 is 10.6 Å². The van der Waals surface area contributed by atoms with Crippen molar-refractivity contribution in [3.05, 3.63) is 46.5 Å². The summed E-state index contributed by atoms with van der Waals surface area (Å²) in [6.45, 7) is 5.53. The molecular weight excluding hydrogens is 340 g/mol. The van der Waals surface area contributed by atoms with Crippen LogP contribution < -0.4 is 10.6 Å². The fraction of sp³-hybridized carbons (Fsp3) is 0.476. The second-order valence-corrected chi connectivity index (χ2v) is 8.35. The molecule has 4 rings (SSSR count). The third-order valence-electron chi connectivity index (χ3n) is 5.41. The minimum Gasteiger partial charge on any atom is -0.375 e. The van der Waals surface area contributed by atoms with E-state index in [1.807, 2.05) is 0 Å². The number of nitrogen functional groups attached to an aromatic ring is 1. The minimum absolute atomic E-state index is 0.720. The zero-order valence-electron chi connectivity index (χ0n) is 15.4. The number of para-hydroxylation sites is 1. The van der Waals surface area contributed by atoms with E-state index in [0.29, 0.717) is 0 Å². The zero-order valence-corrected chi connectivity index (χ0v) is 16.2. The average Bonchev–Trinajstić information content (AvgIpc) is 2.94. The first-order valence-corrected chi connectivity index (χ1v) is 10.6. The number of benzene rings is 1. The topological polar surface area (TPSA) is 45.4 Å². The molecule has 0 saturated carbocycles. The highest BCUT2D eigenvalue weighted by Gasteiger charge is 2.17. The molecule has 0 bridgehead atoms. The third-order valence-corrected chi connectivity index (χ3v) is 6.40. The van der Waals surface area contributed by atoms with Crippen LogP contribution in [0.15, 0.2) is 30.3 Å². The number of piperidine rings is 1. The van der Waals surface area contributed by atoms with E-state index in [1.54, 1.807) is 11.3 Å². The Balaban J connectivity index is 1.37. The summed E-state index contributed by atoms with van der Waals surface area (Å²) in [4.78, 5) is 10.9. The van der Waals surface area contributed by atoms with Crippen LogP contribution in [-0.4, -0.2) is 42.6 Å². The molecule has 0 unspecified atom stereocenters. The molecule has 2 aliphatic rings. The maximum atomic E-state index is 5.84. The van der Waals surface area contributed by atoms with Gasteiger partial charge in [-0.25, -0.2) is 4.98 Å². The fourth-order valence-electron chi connectivity index (χ4n) is 3.99. The van der Waals surface area contributed by atoms with Gasteiger partial charge in [-0.1, -0.05) is 30.4 Å². The van der Waals surface area contributed by atoms with E-state index in [1.165, 1.54) is 54.2 Å². The Morgan fingerprint density at radius 2 is 1.85 bits per heavy atom. The maximum absolute atomic E-state index is 5.84. The van der Waals surface area contributed by atoms with Crippen molar-refractivity contribution >= 4 is 28.2 Å². The molecule has 26 heavy (non-hydrogen) atoms. The molecule has 0 atom stereocenters. The van der Waals surface area contributed by atoms with Crippen LogP contribution in [0.25, 0.3) is 6.08 Å². The van der Waals surface area contributed by atoms with E-state index < -0.39 is 0 Å². The number of thiazole rings is 1. The van der Waals surface area contributed by atoms with Crippen molar-refractivity contribution in [1.82, 2.24) is 9.88 Å². The molecule has 4 nitrogen and oxygen atoms in total. The van der Waals surface area contributed by atoms with E-state index in [0.717, 1.165) is 37.6 Å². The highest BCUT2D eigenvalue weighted by atomic mass is 32.1. The van der Waals surface area contributed by atoms with Crippen LogP contribution in [0.2, 0.25) is 0 Å². The molecule has 3 heterocycles. The molecule has 0 aliphatic carbocycles. The number of hydrogen-bond acceptors (Lipinski definition) is 5. The van der Waals surface area contributed by atoms with Gasteiger partial charge in [-0.2, -0.15) is 0 Å². The fourth-order valence-corrected chi connectivity index (χ4v) is 4.86. The van der Waals surface area contributed by atoms with Gasteiger partial charge in [0.05, 0.1) is 5.69 Å². The molecule has 0 spiro atoms. The summed E-state index contributed by atoms with van der Waals surface area (Å²) in [7, 11) is 0. The minimum atomic E-state index is 0.720. The van der Waals surface area contributed by atoms with Gasteiger partial charge in [-0.05, 0) is 37.3 Å². The van der Waals surface area contributed by atoms with Crippen LogP contribution in [0, 0.1) is 0 Å².